The first kappa shape index (κ1) is 12.6. The molecule has 1 fully saturated rings. The van der Waals surface area contributed by atoms with Crippen molar-refractivity contribution >= 4 is 11.0 Å². The van der Waals surface area contributed by atoms with Gasteiger partial charge in [0.15, 0.2) is 0 Å². The summed E-state index contributed by atoms with van der Waals surface area (Å²) in [7, 11) is 1.71. The van der Waals surface area contributed by atoms with Gasteiger partial charge in [0.1, 0.15) is 11.8 Å². The number of nitrogens with zero attached hydrogens (tertiary/aromatic N) is 2. The quantitative estimate of drug-likeness (QED) is 0.797. The number of fused-ring (bicyclic) bond motifs is 1. The second kappa shape index (κ2) is 4.98. The average molecular weight is 285 g/mol. The standard InChI is InChI=1S/C15H15N3O3/c1-19-9-6-12(16-7-9)15-17-14(18-21-15)11-8-20-13-5-3-2-4-10(11)13/h2-5,8-9,12,16H,6-7H2,1H3. The Balaban J connectivity index is 1.65. The molecule has 6 nitrogen and oxygen atoms in total. The van der Waals surface area contributed by atoms with Gasteiger partial charge in [0, 0.05) is 19.0 Å². The van der Waals surface area contributed by atoms with E-state index >= 15 is 0 Å². The molecule has 6 heteroatoms. The number of ether oxygens (including phenoxy) is 1. The Bertz CT molecular complexity index is 764. The topological polar surface area (TPSA) is 73.3 Å². The molecule has 1 saturated heterocycles. The van der Waals surface area contributed by atoms with E-state index in [0.717, 1.165) is 29.5 Å². The molecule has 2 unspecified atom stereocenters. The Morgan fingerprint density at radius 3 is 3.10 bits per heavy atom. The SMILES string of the molecule is COC1CNC(c2nc(-c3coc4ccccc34)no2)C1. The molecule has 0 amide bonds. The molecule has 1 aromatic carbocycles. The second-order valence-electron chi connectivity index (χ2n) is 5.16. The highest BCUT2D eigenvalue weighted by molar-refractivity contribution is 5.91. The molecule has 3 aromatic rings. The van der Waals surface area contributed by atoms with Crippen molar-refractivity contribution in [1.29, 1.82) is 0 Å². The minimum absolute atomic E-state index is 0.0503. The Kier molecular flexibility index (Phi) is 2.98. The summed E-state index contributed by atoms with van der Waals surface area (Å²) in [5, 5.41) is 8.39. The van der Waals surface area contributed by atoms with Gasteiger partial charge in [-0.15, -0.1) is 0 Å². The van der Waals surface area contributed by atoms with Gasteiger partial charge < -0.3 is 19.0 Å². The van der Waals surface area contributed by atoms with Crippen LogP contribution in [0.5, 0.6) is 0 Å². The molecule has 1 aliphatic heterocycles. The van der Waals surface area contributed by atoms with Gasteiger partial charge in [0.05, 0.1) is 17.7 Å². The van der Waals surface area contributed by atoms with Crippen molar-refractivity contribution in [2.45, 2.75) is 18.6 Å². The molecule has 0 spiro atoms. The van der Waals surface area contributed by atoms with Gasteiger partial charge in [0.2, 0.25) is 11.7 Å². The Labute approximate surface area is 121 Å². The predicted molar refractivity (Wildman–Crippen MR) is 75.7 cm³/mol. The fourth-order valence-electron chi connectivity index (χ4n) is 2.71. The number of furan rings is 1. The van der Waals surface area contributed by atoms with Crippen LogP contribution in [0.1, 0.15) is 18.4 Å². The second-order valence-corrected chi connectivity index (χ2v) is 5.16. The van der Waals surface area contributed by atoms with Crippen molar-refractivity contribution in [2.24, 2.45) is 0 Å². The molecule has 4 rings (SSSR count). The summed E-state index contributed by atoms with van der Waals surface area (Å²) < 4.78 is 16.2. The van der Waals surface area contributed by atoms with Gasteiger partial charge in [0.25, 0.3) is 0 Å². The monoisotopic (exact) mass is 285 g/mol. The highest BCUT2D eigenvalue weighted by atomic mass is 16.5. The summed E-state index contributed by atoms with van der Waals surface area (Å²) in [6, 6.07) is 7.85. The average Bonchev–Trinajstić information content (AvgIpc) is 3.24. The van der Waals surface area contributed by atoms with Crippen LogP contribution >= 0.6 is 0 Å². The molecule has 2 aromatic heterocycles. The zero-order chi connectivity index (χ0) is 14.2. The molecule has 108 valence electrons. The number of methoxy groups -OCH3 is 1. The number of hydrogen-bond acceptors (Lipinski definition) is 6. The first-order valence-electron chi connectivity index (χ1n) is 6.91. The first-order chi connectivity index (χ1) is 10.3. The minimum Gasteiger partial charge on any atom is -0.464 e. The van der Waals surface area contributed by atoms with Gasteiger partial charge in [-0.05, 0) is 12.5 Å². The molecule has 21 heavy (non-hydrogen) atoms. The fraction of sp³-hybridized carbons (Fsp3) is 0.333. The molecule has 1 N–H and O–H groups in total. The van der Waals surface area contributed by atoms with Crippen molar-refractivity contribution in [3.63, 3.8) is 0 Å². The number of para-hydroxylation sites is 1. The van der Waals surface area contributed by atoms with Crippen LogP contribution in [0.25, 0.3) is 22.4 Å². The first-order valence-corrected chi connectivity index (χ1v) is 6.91. The zero-order valence-electron chi connectivity index (χ0n) is 11.6. The molecule has 0 aliphatic carbocycles. The van der Waals surface area contributed by atoms with E-state index in [1.165, 1.54) is 0 Å². The third kappa shape index (κ3) is 2.12. The van der Waals surface area contributed by atoms with E-state index in [1.807, 2.05) is 24.3 Å². The van der Waals surface area contributed by atoms with Crippen LogP contribution in [0.2, 0.25) is 0 Å². The number of nitrogens with one attached hydrogen (secondary N) is 1. The fourth-order valence-corrected chi connectivity index (χ4v) is 2.71. The smallest absolute Gasteiger partial charge is 0.244 e. The minimum atomic E-state index is 0.0503. The van der Waals surface area contributed by atoms with Gasteiger partial charge in [-0.25, -0.2) is 0 Å². The number of rotatable bonds is 3. The van der Waals surface area contributed by atoms with Crippen molar-refractivity contribution < 1.29 is 13.7 Å². The van der Waals surface area contributed by atoms with Crippen molar-refractivity contribution in [3.05, 3.63) is 36.4 Å². The van der Waals surface area contributed by atoms with Crippen LogP contribution in [-0.4, -0.2) is 29.9 Å². The maximum Gasteiger partial charge on any atom is 0.244 e. The highest BCUT2D eigenvalue weighted by Crippen LogP contribution is 2.30. The number of hydrogen-bond donors (Lipinski definition) is 1. The summed E-state index contributed by atoms with van der Waals surface area (Å²) in [5.41, 5.74) is 1.67. The van der Waals surface area contributed by atoms with E-state index in [0.29, 0.717) is 11.7 Å². The number of aromatic nitrogens is 2. The lowest BCUT2D eigenvalue weighted by atomic mass is 10.1. The van der Waals surface area contributed by atoms with Gasteiger partial charge in [-0.1, -0.05) is 23.4 Å². The number of benzene rings is 1. The van der Waals surface area contributed by atoms with Crippen LogP contribution in [0.4, 0.5) is 0 Å². The molecule has 0 bridgehead atoms. The maximum atomic E-state index is 5.52. The van der Waals surface area contributed by atoms with E-state index in [9.17, 15) is 0 Å². The Morgan fingerprint density at radius 1 is 1.33 bits per heavy atom. The molecule has 0 saturated carbocycles. The van der Waals surface area contributed by atoms with E-state index < -0.39 is 0 Å². The molecular weight excluding hydrogens is 270 g/mol. The van der Waals surface area contributed by atoms with Crippen molar-refractivity contribution in [2.75, 3.05) is 13.7 Å². The molecule has 2 atom stereocenters. The lowest BCUT2D eigenvalue weighted by molar-refractivity contribution is 0.116. The van der Waals surface area contributed by atoms with Crippen LogP contribution in [0, 0.1) is 0 Å². The third-order valence-corrected chi connectivity index (χ3v) is 3.89. The van der Waals surface area contributed by atoms with E-state index in [1.54, 1.807) is 13.4 Å². The lowest BCUT2D eigenvalue weighted by Gasteiger charge is -2.04. The largest absolute Gasteiger partial charge is 0.464 e. The molecule has 0 radical (unpaired) electrons. The van der Waals surface area contributed by atoms with Crippen LogP contribution in [0.3, 0.4) is 0 Å². The van der Waals surface area contributed by atoms with Crippen molar-refractivity contribution in [3.8, 4) is 11.4 Å². The van der Waals surface area contributed by atoms with Gasteiger partial charge >= 0.3 is 0 Å². The maximum absolute atomic E-state index is 5.52. The predicted octanol–water partition coefficient (Wildman–Crippen LogP) is 2.53. The Morgan fingerprint density at radius 2 is 2.24 bits per heavy atom. The van der Waals surface area contributed by atoms with Gasteiger partial charge in [-0.2, -0.15) is 4.98 Å². The lowest BCUT2D eigenvalue weighted by Crippen LogP contribution is -2.16. The molecular formula is C15H15N3O3. The molecule has 1 aliphatic rings. The van der Waals surface area contributed by atoms with Crippen LogP contribution in [0.15, 0.2) is 39.5 Å². The highest BCUT2D eigenvalue weighted by Gasteiger charge is 2.29. The summed E-state index contributed by atoms with van der Waals surface area (Å²) >= 11 is 0. The summed E-state index contributed by atoms with van der Waals surface area (Å²) in [5.74, 6) is 1.15. The van der Waals surface area contributed by atoms with Crippen molar-refractivity contribution in [1.82, 2.24) is 15.5 Å². The van der Waals surface area contributed by atoms with E-state index in [-0.39, 0.29) is 12.1 Å². The summed E-state index contributed by atoms with van der Waals surface area (Å²) in [6.07, 6.45) is 2.70. The third-order valence-electron chi connectivity index (χ3n) is 3.89. The van der Waals surface area contributed by atoms with Gasteiger partial charge in [-0.3, -0.25) is 0 Å². The normalized spacial score (nSPS) is 22.1. The summed E-state index contributed by atoms with van der Waals surface area (Å²) in [4.78, 5) is 4.50. The summed E-state index contributed by atoms with van der Waals surface area (Å²) in [6.45, 7) is 0.799. The zero-order valence-corrected chi connectivity index (χ0v) is 11.6. The molecule has 3 heterocycles. The van der Waals surface area contributed by atoms with Crippen LogP contribution in [-0.2, 0) is 4.74 Å². The Hall–Kier alpha value is -2.18. The van der Waals surface area contributed by atoms with Crippen LogP contribution < -0.4 is 5.32 Å². The van der Waals surface area contributed by atoms with E-state index in [2.05, 4.69) is 15.5 Å². The van der Waals surface area contributed by atoms with E-state index in [4.69, 9.17) is 13.7 Å².